The van der Waals surface area contributed by atoms with Crippen LogP contribution in [0.2, 0.25) is 5.02 Å². The van der Waals surface area contributed by atoms with E-state index in [1.807, 2.05) is 0 Å². The topological polar surface area (TPSA) is 81.3 Å². The van der Waals surface area contributed by atoms with Crippen molar-refractivity contribution in [2.24, 2.45) is 0 Å². The van der Waals surface area contributed by atoms with Gasteiger partial charge in [0.15, 0.2) is 11.6 Å². The fourth-order valence-electron chi connectivity index (χ4n) is 2.28. The standard InChI is InChI=1S/C15H12ClF2N5O2/c1-8(9-2-3-11(17)12(18)4-9)20-13(24)7-23-15(25)22-6-10(16)5-19-14(22)21-23/h2-6,8H,7H2,1H3,(H,20,24)/t8-/m0/s1. The Labute approximate surface area is 144 Å². The molecule has 0 fully saturated rings. The predicted molar refractivity (Wildman–Crippen MR) is 85.2 cm³/mol. The number of aromatic nitrogens is 4. The van der Waals surface area contributed by atoms with E-state index in [4.69, 9.17) is 11.6 Å². The third kappa shape index (κ3) is 3.50. The number of hydrogen-bond acceptors (Lipinski definition) is 4. The van der Waals surface area contributed by atoms with E-state index in [1.165, 1.54) is 18.5 Å². The maximum atomic E-state index is 13.3. The molecule has 0 saturated carbocycles. The van der Waals surface area contributed by atoms with Gasteiger partial charge in [0, 0.05) is 6.20 Å². The highest BCUT2D eigenvalue weighted by Gasteiger charge is 2.15. The molecule has 1 amide bonds. The molecule has 1 N–H and O–H groups in total. The first-order valence-corrected chi connectivity index (χ1v) is 7.58. The fraction of sp³-hybridized carbons (Fsp3) is 0.200. The van der Waals surface area contributed by atoms with E-state index in [0.717, 1.165) is 21.2 Å². The molecular formula is C15H12ClF2N5O2. The van der Waals surface area contributed by atoms with Gasteiger partial charge in [0.1, 0.15) is 6.54 Å². The lowest BCUT2D eigenvalue weighted by molar-refractivity contribution is -0.122. The summed E-state index contributed by atoms with van der Waals surface area (Å²) in [4.78, 5) is 28.1. The number of rotatable bonds is 4. The van der Waals surface area contributed by atoms with Crippen LogP contribution in [0.15, 0.2) is 35.4 Å². The number of amides is 1. The summed E-state index contributed by atoms with van der Waals surface area (Å²) in [6.07, 6.45) is 2.68. The first-order valence-electron chi connectivity index (χ1n) is 7.20. The van der Waals surface area contributed by atoms with Crippen LogP contribution in [0.1, 0.15) is 18.5 Å². The number of carbonyl (C=O) groups excluding carboxylic acids is 1. The van der Waals surface area contributed by atoms with Crippen molar-refractivity contribution in [1.82, 2.24) is 24.5 Å². The average Bonchev–Trinajstić information content (AvgIpc) is 2.86. The summed E-state index contributed by atoms with van der Waals surface area (Å²) in [6.45, 7) is 1.26. The number of benzene rings is 1. The third-order valence-electron chi connectivity index (χ3n) is 3.52. The van der Waals surface area contributed by atoms with Crippen LogP contribution >= 0.6 is 11.6 Å². The first kappa shape index (κ1) is 17.0. The second-order valence-corrected chi connectivity index (χ2v) is 5.78. The number of nitrogens with zero attached hydrogens (tertiary/aromatic N) is 4. The van der Waals surface area contributed by atoms with Gasteiger partial charge >= 0.3 is 5.69 Å². The van der Waals surface area contributed by atoms with Crippen molar-refractivity contribution in [3.05, 3.63) is 63.3 Å². The lowest BCUT2D eigenvalue weighted by Gasteiger charge is -2.14. The van der Waals surface area contributed by atoms with E-state index < -0.39 is 29.3 Å². The lowest BCUT2D eigenvalue weighted by atomic mass is 10.1. The molecule has 0 saturated heterocycles. The number of halogens is 3. The highest BCUT2D eigenvalue weighted by atomic mass is 35.5. The van der Waals surface area contributed by atoms with Crippen LogP contribution in [-0.2, 0) is 11.3 Å². The molecule has 3 aromatic rings. The zero-order valence-electron chi connectivity index (χ0n) is 12.9. The maximum absolute atomic E-state index is 13.3. The third-order valence-corrected chi connectivity index (χ3v) is 3.72. The normalized spacial score (nSPS) is 12.3. The van der Waals surface area contributed by atoms with E-state index in [9.17, 15) is 18.4 Å². The number of nitrogens with one attached hydrogen (secondary N) is 1. The van der Waals surface area contributed by atoms with Crippen LogP contribution in [0.5, 0.6) is 0 Å². The van der Waals surface area contributed by atoms with Gasteiger partial charge in [-0.15, -0.1) is 5.10 Å². The molecule has 2 heterocycles. The molecule has 25 heavy (non-hydrogen) atoms. The van der Waals surface area contributed by atoms with E-state index in [2.05, 4.69) is 15.4 Å². The van der Waals surface area contributed by atoms with Crippen LogP contribution in [-0.4, -0.2) is 25.1 Å². The van der Waals surface area contributed by atoms with Crippen LogP contribution < -0.4 is 11.0 Å². The largest absolute Gasteiger partial charge is 0.352 e. The Bertz CT molecular complexity index is 1020. The molecule has 10 heteroatoms. The number of fused-ring (bicyclic) bond motifs is 1. The molecule has 0 spiro atoms. The molecule has 3 rings (SSSR count). The Hall–Kier alpha value is -2.81. The molecule has 0 radical (unpaired) electrons. The Morgan fingerprint density at radius 2 is 2.12 bits per heavy atom. The van der Waals surface area contributed by atoms with Crippen molar-refractivity contribution in [1.29, 1.82) is 0 Å². The van der Waals surface area contributed by atoms with Gasteiger partial charge in [0.05, 0.1) is 17.3 Å². The Morgan fingerprint density at radius 1 is 1.36 bits per heavy atom. The zero-order valence-corrected chi connectivity index (χ0v) is 13.7. The summed E-state index contributed by atoms with van der Waals surface area (Å²) in [7, 11) is 0. The number of carbonyl (C=O) groups is 1. The van der Waals surface area contributed by atoms with Crippen LogP contribution in [0.4, 0.5) is 8.78 Å². The molecule has 0 bridgehead atoms. The molecule has 130 valence electrons. The molecule has 1 aromatic carbocycles. The SMILES string of the molecule is C[C@H](NC(=O)Cn1nc2ncc(Cl)cn2c1=O)c1ccc(F)c(F)c1. The fourth-order valence-corrected chi connectivity index (χ4v) is 2.42. The van der Waals surface area contributed by atoms with E-state index in [-0.39, 0.29) is 17.3 Å². The Morgan fingerprint density at radius 3 is 2.84 bits per heavy atom. The minimum absolute atomic E-state index is 0.107. The summed E-state index contributed by atoms with van der Waals surface area (Å²) in [5, 5.41) is 6.77. The van der Waals surface area contributed by atoms with Crippen molar-refractivity contribution in [2.45, 2.75) is 19.5 Å². The molecule has 0 aliphatic carbocycles. The van der Waals surface area contributed by atoms with Crippen molar-refractivity contribution in [3.8, 4) is 0 Å². The van der Waals surface area contributed by atoms with Gasteiger partial charge in [-0.25, -0.2) is 27.6 Å². The van der Waals surface area contributed by atoms with Gasteiger partial charge in [-0.05, 0) is 24.6 Å². The van der Waals surface area contributed by atoms with E-state index in [0.29, 0.717) is 5.56 Å². The van der Waals surface area contributed by atoms with Crippen molar-refractivity contribution < 1.29 is 13.6 Å². The Kier molecular flexibility index (Phi) is 4.49. The summed E-state index contributed by atoms with van der Waals surface area (Å²) < 4.78 is 28.3. The molecule has 0 unspecified atom stereocenters. The van der Waals surface area contributed by atoms with Gasteiger partial charge in [-0.1, -0.05) is 17.7 Å². The van der Waals surface area contributed by atoms with Crippen LogP contribution in [0.3, 0.4) is 0 Å². The summed E-state index contributed by atoms with van der Waals surface area (Å²) >= 11 is 5.77. The smallest absolute Gasteiger partial charge is 0.348 e. The number of hydrogen-bond donors (Lipinski definition) is 1. The Balaban J connectivity index is 1.75. The zero-order chi connectivity index (χ0) is 18.1. The minimum atomic E-state index is -1.00. The van der Waals surface area contributed by atoms with Gasteiger partial charge < -0.3 is 5.32 Å². The summed E-state index contributed by atoms with van der Waals surface area (Å²) in [6, 6.07) is 2.77. The van der Waals surface area contributed by atoms with E-state index >= 15 is 0 Å². The molecule has 2 aromatic heterocycles. The minimum Gasteiger partial charge on any atom is -0.348 e. The average molecular weight is 368 g/mol. The first-order chi connectivity index (χ1) is 11.8. The maximum Gasteiger partial charge on any atom is 0.352 e. The molecule has 0 aliphatic heterocycles. The quantitative estimate of drug-likeness (QED) is 0.761. The molecule has 0 aliphatic rings. The second kappa shape index (κ2) is 6.60. The van der Waals surface area contributed by atoms with Crippen molar-refractivity contribution >= 4 is 23.3 Å². The van der Waals surface area contributed by atoms with Crippen molar-refractivity contribution in [2.75, 3.05) is 0 Å². The highest BCUT2D eigenvalue weighted by Crippen LogP contribution is 2.15. The summed E-state index contributed by atoms with van der Waals surface area (Å²) in [5.41, 5.74) is -0.177. The van der Waals surface area contributed by atoms with Gasteiger partial charge in [0.2, 0.25) is 5.91 Å². The molecule has 7 nitrogen and oxygen atoms in total. The monoisotopic (exact) mass is 367 g/mol. The highest BCUT2D eigenvalue weighted by molar-refractivity contribution is 6.30. The molecule has 1 atom stereocenters. The van der Waals surface area contributed by atoms with Gasteiger partial charge in [0.25, 0.3) is 5.78 Å². The van der Waals surface area contributed by atoms with Crippen LogP contribution in [0.25, 0.3) is 5.78 Å². The molecular weight excluding hydrogens is 356 g/mol. The van der Waals surface area contributed by atoms with Gasteiger partial charge in [-0.3, -0.25) is 4.79 Å². The van der Waals surface area contributed by atoms with Crippen LogP contribution in [0, 0.1) is 11.6 Å². The second-order valence-electron chi connectivity index (χ2n) is 5.35. The summed E-state index contributed by atoms with van der Waals surface area (Å²) in [5.74, 6) is -2.38. The lowest BCUT2D eigenvalue weighted by Crippen LogP contribution is -2.34. The van der Waals surface area contributed by atoms with Gasteiger partial charge in [-0.2, -0.15) is 0 Å². The van der Waals surface area contributed by atoms with E-state index in [1.54, 1.807) is 6.92 Å². The predicted octanol–water partition coefficient (Wildman–Crippen LogP) is 1.70. The van der Waals surface area contributed by atoms with Crippen molar-refractivity contribution in [3.63, 3.8) is 0 Å².